The normalized spacial score (nSPS) is 10.8. The highest BCUT2D eigenvalue weighted by atomic mass is 32.1. The molecule has 4 heteroatoms. The molecule has 4 rings (SSSR count). The van der Waals surface area contributed by atoms with Crippen LogP contribution in [0.5, 0.6) is 0 Å². The van der Waals surface area contributed by atoms with Gasteiger partial charge in [0.2, 0.25) is 0 Å². The molecule has 3 nitrogen and oxygen atoms in total. The van der Waals surface area contributed by atoms with Crippen LogP contribution in [0.1, 0.15) is 21.5 Å². The smallest absolute Gasteiger partial charge is 0.252 e. The number of thiophene rings is 1. The maximum absolute atomic E-state index is 12.9. The Balaban J connectivity index is 1.74. The molecule has 1 N–H and O–H groups in total. The van der Waals surface area contributed by atoms with Gasteiger partial charge in [-0.05, 0) is 42.1 Å². The molecule has 1 amide bonds. The van der Waals surface area contributed by atoms with E-state index in [0.717, 1.165) is 33.3 Å². The maximum atomic E-state index is 12.9. The molecule has 2 aromatic heterocycles. The van der Waals surface area contributed by atoms with Crippen LogP contribution in [0.2, 0.25) is 0 Å². The molecule has 0 aliphatic rings. The van der Waals surface area contributed by atoms with E-state index >= 15 is 0 Å². The van der Waals surface area contributed by atoms with Crippen molar-refractivity contribution in [2.24, 2.45) is 0 Å². The molecule has 2 aromatic carbocycles. The van der Waals surface area contributed by atoms with Crippen LogP contribution in [0, 0.1) is 6.92 Å². The summed E-state index contributed by atoms with van der Waals surface area (Å²) in [4.78, 5) is 17.7. The minimum absolute atomic E-state index is 0.0802. The van der Waals surface area contributed by atoms with Crippen LogP contribution >= 0.6 is 11.3 Å². The van der Waals surface area contributed by atoms with E-state index in [2.05, 4.69) is 5.32 Å². The Bertz CT molecular complexity index is 1060. The maximum Gasteiger partial charge on any atom is 0.252 e. The summed E-state index contributed by atoms with van der Waals surface area (Å²) in [5.74, 6) is -0.0802. The van der Waals surface area contributed by atoms with E-state index in [-0.39, 0.29) is 5.91 Å². The second kappa shape index (κ2) is 7.10. The van der Waals surface area contributed by atoms with Crippen molar-refractivity contribution in [2.75, 3.05) is 0 Å². The highest BCUT2D eigenvalue weighted by molar-refractivity contribution is 7.08. The molecule has 0 bridgehead atoms. The predicted octanol–water partition coefficient (Wildman–Crippen LogP) is 5.20. The highest BCUT2D eigenvalue weighted by Gasteiger charge is 2.14. The van der Waals surface area contributed by atoms with Crippen molar-refractivity contribution in [3.63, 3.8) is 0 Å². The van der Waals surface area contributed by atoms with E-state index in [1.807, 2.05) is 78.3 Å². The minimum atomic E-state index is -0.0802. The first-order valence-corrected chi connectivity index (χ1v) is 9.41. The Kier molecular flexibility index (Phi) is 4.50. The van der Waals surface area contributed by atoms with Crippen LogP contribution in [0.25, 0.3) is 22.2 Å². The number of hydrogen-bond donors (Lipinski definition) is 1. The standard InChI is InChI=1S/C22H18N2OS/c1-15-7-8-20-18(11-15)19(12-21(24-20)17-9-10-26-14-17)22(25)23-13-16-5-3-2-4-6-16/h2-12,14H,13H2,1H3,(H,23,25). The summed E-state index contributed by atoms with van der Waals surface area (Å²) >= 11 is 1.62. The number of benzene rings is 2. The molecule has 0 aliphatic heterocycles. The number of carbonyl (C=O) groups excluding carboxylic acids is 1. The Labute approximate surface area is 156 Å². The van der Waals surface area contributed by atoms with E-state index in [1.165, 1.54) is 0 Å². The molecule has 0 atom stereocenters. The van der Waals surface area contributed by atoms with E-state index < -0.39 is 0 Å². The molecule has 0 saturated carbocycles. The lowest BCUT2D eigenvalue weighted by atomic mass is 10.0. The Morgan fingerprint density at radius 1 is 1.08 bits per heavy atom. The van der Waals surface area contributed by atoms with Gasteiger partial charge in [-0.1, -0.05) is 42.0 Å². The summed E-state index contributed by atoms with van der Waals surface area (Å²) in [5.41, 5.74) is 5.55. The monoisotopic (exact) mass is 358 g/mol. The number of rotatable bonds is 4. The topological polar surface area (TPSA) is 42.0 Å². The van der Waals surface area contributed by atoms with E-state index in [0.29, 0.717) is 12.1 Å². The van der Waals surface area contributed by atoms with Crippen LogP contribution < -0.4 is 5.32 Å². The van der Waals surface area contributed by atoms with Gasteiger partial charge in [-0.3, -0.25) is 4.79 Å². The summed E-state index contributed by atoms with van der Waals surface area (Å²) in [6, 6.07) is 19.9. The lowest BCUT2D eigenvalue weighted by Gasteiger charge is -2.11. The van der Waals surface area contributed by atoms with Crippen LogP contribution in [0.4, 0.5) is 0 Å². The van der Waals surface area contributed by atoms with Gasteiger partial charge in [-0.2, -0.15) is 11.3 Å². The quantitative estimate of drug-likeness (QED) is 0.545. The molecular weight excluding hydrogens is 340 g/mol. The Morgan fingerprint density at radius 3 is 2.69 bits per heavy atom. The van der Waals surface area contributed by atoms with Gasteiger partial charge in [-0.15, -0.1) is 0 Å². The largest absolute Gasteiger partial charge is 0.348 e. The molecule has 0 radical (unpaired) electrons. The lowest BCUT2D eigenvalue weighted by Crippen LogP contribution is -2.23. The third-order valence-corrected chi connectivity index (χ3v) is 5.00. The number of amides is 1. The van der Waals surface area contributed by atoms with E-state index in [4.69, 9.17) is 4.98 Å². The number of aromatic nitrogens is 1. The average Bonchev–Trinajstić information content (AvgIpc) is 3.21. The first kappa shape index (κ1) is 16.5. The van der Waals surface area contributed by atoms with Crippen LogP contribution in [0.15, 0.2) is 71.4 Å². The minimum Gasteiger partial charge on any atom is -0.348 e. The number of aryl methyl sites for hydroxylation is 1. The lowest BCUT2D eigenvalue weighted by molar-refractivity contribution is 0.0952. The fraction of sp³-hybridized carbons (Fsp3) is 0.0909. The van der Waals surface area contributed by atoms with Crippen molar-refractivity contribution in [1.82, 2.24) is 10.3 Å². The number of carbonyl (C=O) groups is 1. The van der Waals surface area contributed by atoms with Gasteiger partial charge < -0.3 is 5.32 Å². The second-order valence-corrected chi connectivity index (χ2v) is 7.04. The van der Waals surface area contributed by atoms with Gasteiger partial charge >= 0.3 is 0 Å². The van der Waals surface area contributed by atoms with Crippen molar-refractivity contribution in [3.05, 3.63) is 88.1 Å². The van der Waals surface area contributed by atoms with Crippen molar-refractivity contribution in [2.45, 2.75) is 13.5 Å². The van der Waals surface area contributed by atoms with Crippen molar-refractivity contribution >= 4 is 28.1 Å². The number of pyridine rings is 1. The second-order valence-electron chi connectivity index (χ2n) is 6.26. The number of hydrogen-bond acceptors (Lipinski definition) is 3. The third kappa shape index (κ3) is 3.37. The Hall–Kier alpha value is -2.98. The SMILES string of the molecule is Cc1ccc2nc(-c3ccsc3)cc(C(=O)NCc3ccccc3)c2c1. The van der Waals surface area contributed by atoms with Gasteiger partial charge in [0.15, 0.2) is 0 Å². The van der Waals surface area contributed by atoms with Gasteiger partial charge in [0.05, 0.1) is 16.8 Å². The van der Waals surface area contributed by atoms with Crippen molar-refractivity contribution in [3.8, 4) is 11.3 Å². The molecular formula is C22H18N2OS. The zero-order valence-electron chi connectivity index (χ0n) is 14.4. The van der Waals surface area contributed by atoms with Gasteiger partial charge in [0, 0.05) is 22.9 Å². The van der Waals surface area contributed by atoms with E-state index in [9.17, 15) is 4.79 Å². The molecule has 4 aromatic rings. The molecule has 0 unspecified atom stereocenters. The first-order valence-electron chi connectivity index (χ1n) is 8.47. The highest BCUT2D eigenvalue weighted by Crippen LogP contribution is 2.27. The first-order chi connectivity index (χ1) is 12.7. The number of nitrogens with one attached hydrogen (secondary N) is 1. The van der Waals surface area contributed by atoms with Crippen molar-refractivity contribution < 1.29 is 4.79 Å². The summed E-state index contributed by atoms with van der Waals surface area (Å²) < 4.78 is 0. The van der Waals surface area contributed by atoms with Crippen molar-refractivity contribution in [1.29, 1.82) is 0 Å². The fourth-order valence-electron chi connectivity index (χ4n) is 2.96. The third-order valence-electron chi connectivity index (χ3n) is 4.32. The molecule has 0 spiro atoms. The summed E-state index contributed by atoms with van der Waals surface area (Å²) in [7, 11) is 0. The van der Waals surface area contributed by atoms with E-state index in [1.54, 1.807) is 11.3 Å². The summed E-state index contributed by atoms with van der Waals surface area (Å²) in [6.07, 6.45) is 0. The number of nitrogens with zero attached hydrogens (tertiary/aromatic N) is 1. The molecule has 26 heavy (non-hydrogen) atoms. The zero-order valence-corrected chi connectivity index (χ0v) is 15.2. The Morgan fingerprint density at radius 2 is 1.92 bits per heavy atom. The van der Waals surface area contributed by atoms with Crippen LogP contribution in [-0.2, 0) is 6.54 Å². The molecule has 2 heterocycles. The van der Waals surface area contributed by atoms with Crippen LogP contribution in [0.3, 0.4) is 0 Å². The summed E-state index contributed by atoms with van der Waals surface area (Å²) in [5, 5.41) is 7.99. The number of fused-ring (bicyclic) bond motifs is 1. The molecule has 0 aliphatic carbocycles. The molecule has 0 saturated heterocycles. The van der Waals surface area contributed by atoms with Gasteiger partial charge in [0.25, 0.3) is 5.91 Å². The molecule has 128 valence electrons. The van der Waals surface area contributed by atoms with Gasteiger partial charge in [0.1, 0.15) is 0 Å². The fourth-order valence-corrected chi connectivity index (χ4v) is 3.61. The summed E-state index contributed by atoms with van der Waals surface area (Å²) in [6.45, 7) is 2.53. The van der Waals surface area contributed by atoms with Gasteiger partial charge in [-0.25, -0.2) is 4.98 Å². The molecule has 0 fully saturated rings. The average molecular weight is 358 g/mol. The zero-order chi connectivity index (χ0) is 17.9. The van der Waals surface area contributed by atoms with Crippen LogP contribution in [-0.4, -0.2) is 10.9 Å². The predicted molar refractivity (Wildman–Crippen MR) is 107 cm³/mol.